The molecule has 3 heterocycles. The number of nitrogens with one attached hydrogen (secondary N) is 1. The highest BCUT2D eigenvalue weighted by Crippen LogP contribution is 2.31. The number of nitrogens with zero attached hydrogens (tertiary/aromatic N) is 5. The van der Waals surface area contributed by atoms with Crippen molar-refractivity contribution in [3.8, 4) is 22.8 Å². The Morgan fingerprint density at radius 2 is 1.90 bits per heavy atom. The highest BCUT2D eigenvalue weighted by atomic mass is 28.3. The maximum absolute atomic E-state index is 11.7. The summed E-state index contributed by atoms with van der Waals surface area (Å²) in [6.07, 6.45) is 8.68. The minimum absolute atomic E-state index is 0.297. The molecule has 0 bridgehead atoms. The van der Waals surface area contributed by atoms with Crippen LogP contribution < -0.4 is 10.1 Å². The molecule has 5 rings (SSSR count). The first-order valence-corrected chi connectivity index (χ1v) is 17.2. The Bertz CT molecular complexity index is 1660. The van der Waals surface area contributed by atoms with Crippen molar-refractivity contribution in [2.75, 3.05) is 11.9 Å². The van der Waals surface area contributed by atoms with Gasteiger partial charge in [-0.1, -0.05) is 62.6 Å². The number of hydrogen-bond acceptors (Lipinski definition) is 6. The van der Waals surface area contributed by atoms with E-state index in [9.17, 15) is 4.79 Å². The number of anilines is 1. The lowest BCUT2D eigenvalue weighted by molar-refractivity contribution is -0.111. The van der Waals surface area contributed by atoms with Gasteiger partial charge in [0.15, 0.2) is 5.65 Å². The standard InChI is InChI=1S/C31H34N6O3Si/c1-5-28(38)34-25-12-9-13-26(16-25)40-29-18-32-31-30(35-29)27(21-36(31)22-39-14-15-41(2,3)4)24-17-33-37(20-24)19-23-10-7-6-8-11-23/h5-13,16-18,20-21H,1,14-15,19,22H2,2-4H3,(H,34,38). The van der Waals surface area contributed by atoms with E-state index < -0.39 is 8.07 Å². The number of carbonyl (C=O) groups excluding carboxylic acids is 1. The molecule has 1 amide bonds. The second-order valence-corrected chi connectivity index (χ2v) is 16.6. The molecule has 0 aliphatic rings. The number of carbonyl (C=O) groups is 1. The minimum atomic E-state index is -1.20. The van der Waals surface area contributed by atoms with E-state index in [1.54, 1.807) is 30.5 Å². The summed E-state index contributed by atoms with van der Waals surface area (Å²) < 4.78 is 16.0. The lowest BCUT2D eigenvalue weighted by Crippen LogP contribution is -2.22. The summed E-state index contributed by atoms with van der Waals surface area (Å²) in [5, 5.41) is 7.33. The average molecular weight is 567 g/mol. The van der Waals surface area contributed by atoms with Crippen molar-refractivity contribution in [2.45, 2.75) is 39.0 Å². The van der Waals surface area contributed by atoms with Crippen molar-refractivity contribution >= 4 is 30.8 Å². The Kier molecular flexibility index (Phi) is 8.41. The number of benzene rings is 2. The van der Waals surface area contributed by atoms with Gasteiger partial charge < -0.3 is 19.4 Å². The zero-order valence-electron chi connectivity index (χ0n) is 23.6. The second-order valence-electron chi connectivity index (χ2n) is 11.0. The van der Waals surface area contributed by atoms with Crippen molar-refractivity contribution in [1.29, 1.82) is 0 Å². The molecule has 41 heavy (non-hydrogen) atoms. The first-order valence-electron chi connectivity index (χ1n) is 13.5. The molecule has 9 nitrogen and oxygen atoms in total. The van der Waals surface area contributed by atoms with Crippen LogP contribution in [0.25, 0.3) is 22.3 Å². The Balaban J connectivity index is 1.44. The van der Waals surface area contributed by atoms with Gasteiger partial charge in [-0.05, 0) is 29.8 Å². The fourth-order valence-electron chi connectivity index (χ4n) is 4.25. The number of hydrogen-bond donors (Lipinski definition) is 1. The van der Waals surface area contributed by atoms with Crippen LogP contribution in [0.1, 0.15) is 5.56 Å². The van der Waals surface area contributed by atoms with Gasteiger partial charge in [-0.15, -0.1) is 0 Å². The van der Waals surface area contributed by atoms with Gasteiger partial charge in [-0.25, -0.2) is 9.97 Å². The predicted molar refractivity (Wildman–Crippen MR) is 164 cm³/mol. The molecular weight excluding hydrogens is 532 g/mol. The van der Waals surface area contributed by atoms with Crippen LogP contribution >= 0.6 is 0 Å². The quantitative estimate of drug-likeness (QED) is 0.104. The molecule has 2 aromatic carbocycles. The summed E-state index contributed by atoms with van der Waals surface area (Å²) in [7, 11) is -1.20. The van der Waals surface area contributed by atoms with E-state index in [0.29, 0.717) is 48.4 Å². The summed E-state index contributed by atoms with van der Waals surface area (Å²) in [6.45, 7) is 12.2. The topological polar surface area (TPSA) is 96.1 Å². The lowest BCUT2D eigenvalue weighted by atomic mass is 10.2. The van der Waals surface area contributed by atoms with Crippen LogP contribution in [0.4, 0.5) is 5.69 Å². The van der Waals surface area contributed by atoms with Gasteiger partial charge in [0.2, 0.25) is 11.8 Å². The third-order valence-corrected chi connectivity index (χ3v) is 8.12. The van der Waals surface area contributed by atoms with Gasteiger partial charge in [-0.2, -0.15) is 5.10 Å². The molecule has 0 unspecified atom stereocenters. The predicted octanol–water partition coefficient (Wildman–Crippen LogP) is 6.57. The summed E-state index contributed by atoms with van der Waals surface area (Å²) in [5.74, 6) is 0.557. The fraction of sp³-hybridized carbons (Fsp3) is 0.226. The maximum Gasteiger partial charge on any atom is 0.247 e. The van der Waals surface area contributed by atoms with Crippen LogP contribution in [0.2, 0.25) is 25.7 Å². The first-order chi connectivity index (χ1) is 19.8. The van der Waals surface area contributed by atoms with E-state index in [4.69, 9.17) is 19.4 Å². The SMILES string of the molecule is C=CC(=O)Nc1cccc(Oc2cnc3c(n2)c(-c2cnn(Cc4ccccc4)c2)cn3COCC[Si](C)(C)C)c1. The highest BCUT2D eigenvalue weighted by molar-refractivity contribution is 6.76. The Morgan fingerprint density at radius 3 is 2.68 bits per heavy atom. The molecule has 0 radical (unpaired) electrons. The molecule has 210 valence electrons. The van der Waals surface area contributed by atoms with Crippen molar-refractivity contribution in [3.63, 3.8) is 0 Å². The van der Waals surface area contributed by atoms with Crippen LogP contribution in [-0.4, -0.2) is 44.9 Å². The number of rotatable bonds is 12. The fourth-order valence-corrected chi connectivity index (χ4v) is 5.00. The largest absolute Gasteiger partial charge is 0.437 e. The summed E-state index contributed by atoms with van der Waals surface area (Å²) in [6, 6.07) is 18.4. The summed E-state index contributed by atoms with van der Waals surface area (Å²) >= 11 is 0. The molecule has 0 fully saturated rings. The normalized spacial score (nSPS) is 11.5. The molecule has 0 spiro atoms. The van der Waals surface area contributed by atoms with E-state index >= 15 is 0 Å². The van der Waals surface area contributed by atoms with Gasteiger partial charge in [0.25, 0.3) is 0 Å². The molecule has 3 aromatic heterocycles. The van der Waals surface area contributed by atoms with Gasteiger partial charge in [-0.3, -0.25) is 9.48 Å². The smallest absolute Gasteiger partial charge is 0.247 e. The van der Waals surface area contributed by atoms with Crippen LogP contribution in [0, 0.1) is 0 Å². The monoisotopic (exact) mass is 566 g/mol. The minimum Gasteiger partial charge on any atom is -0.437 e. The zero-order valence-corrected chi connectivity index (χ0v) is 24.6. The molecule has 5 aromatic rings. The summed E-state index contributed by atoms with van der Waals surface area (Å²) in [5.41, 5.74) is 4.96. The number of aromatic nitrogens is 5. The van der Waals surface area contributed by atoms with Crippen LogP contribution in [-0.2, 0) is 22.8 Å². The van der Waals surface area contributed by atoms with Crippen LogP contribution in [0.5, 0.6) is 11.6 Å². The van der Waals surface area contributed by atoms with E-state index in [2.05, 4.69) is 48.8 Å². The Morgan fingerprint density at radius 1 is 1.07 bits per heavy atom. The molecule has 0 saturated heterocycles. The third-order valence-electron chi connectivity index (χ3n) is 6.41. The van der Waals surface area contributed by atoms with Gasteiger partial charge in [0.1, 0.15) is 18.0 Å². The summed E-state index contributed by atoms with van der Waals surface area (Å²) in [4.78, 5) is 21.3. The van der Waals surface area contributed by atoms with Crippen molar-refractivity contribution < 1.29 is 14.3 Å². The van der Waals surface area contributed by atoms with E-state index in [-0.39, 0.29) is 5.91 Å². The first kappa shape index (κ1) is 28.0. The second kappa shape index (κ2) is 12.3. The Labute approximate surface area is 240 Å². The van der Waals surface area contributed by atoms with Crippen molar-refractivity contribution in [3.05, 3.63) is 97.6 Å². The van der Waals surface area contributed by atoms with E-state index in [1.807, 2.05) is 46.0 Å². The van der Waals surface area contributed by atoms with Crippen molar-refractivity contribution in [1.82, 2.24) is 24.3 Å². The van der Waals surface area contributed by atoms with E-state index in [1.165, 1.54) is 11.6 Å². The average Bonchev–Trinajstić information content (AvgIpc) is 3.55. The number of fused-ring (bicyclic) bond motifs is 1. The van der Waals surface area contributed by atoms with Crippen LogP contribution in [0.15, 0.2) is 92.0 Å². The molecule has 0 saturated carbocycles. The molecule has 10 heteroatoms. The third kappa shape index (κ3) is 7.36. The van der Waals surface area contributed by atoms with Gasteiger partial charge in [0.05, 0.1) is 18.9 Å². The van der Waals surface area contributed by atoms with Gasteiger partial charge in [0, 0.05) is 50.0 Å². The number of ether oxygens (including phenoxy) is 2. The lowest BCUT2D eigenvalue weighted by Gasteiger charge is -2.15. The molecular formula is C31H34N6O3Si. The maximum atomic E-state index is 11.7. The highest BCUT2D eigenvalue weighted by Gasteiger charge is 2.18. The van der Waals surface area contributed by atoms with Crippen LogP contribution in [0.3, 0.4) is 0 Å². The molecule has 0 aliphatic carbocycles. The Hall–Kier alpha value is -4.54. The van der Waals surface area contributed by atoms with Crippen molar-refractivity contribution in [2.24, 2.45) is 0 Å². The number of amides is 1. The van der Waals surface area contributed by atoms with Gasteiger partial charge >= 0.3 is 0 Å². The molecule has 0 aliphatic heterocycles. The molecule has 1 N–H and O–H groups in total. The van der Waals surface area contributed by atoms with E-state index in [0.717, 1.165) is 17.2 Å². The zero-order chi connectivity index (χ0) is 28.8. The molecule has 0 atom stereocenters.